The molecule has 3 saturated heterocycles. The maximum atomic E-state index is 14.0. The minimum atomic E-state index is -0.271. The number of nitrogens with zero attached hydrogens (tertiary/aromatic N) is 4. The van der Waals surface area contributed by atoms with Crippen LogP contribution in [0.3, 0.4) is 0 Å². The zero-order chi connectivity index (χ0) is 20.6. The van der Waals surface area contributed by atoms with E-state index in [1.165, 1.54) is 12.0 Å². The van der Waals surface area contributed by atoms with Gasteiger partial charge in [0.25, 0.3) is 0 Å². The zero-order valence-corrected chi connectivity index (χ0v) is 18.5. The molecule has 29 heavy (non-hydrogen) atoms. The van der Waals surface area contributed by atoms with Crippen LogP contribution in [-0.2, 0) is 11.3 Å². The third-order valence-electron chi connectivity index (χ3n) is 7.40. The number of aromatic nitrogens is 2. The first-order valence-corrected chi connectivity index (χ1v) is 11.3. The number of amides is 1. The molecule has 0 saturated carbocycles. The Kier molecular flexibility index (Phi) is 5.85. The van der Waals surface area contributed by atoms with Gasteiger partial charge in [-0.3, -0.25) is 14.6 Å². The lowest BCUT2D eigenvalue weighted by atomic mass is 9.70. The Morgan fingerprint density at radius 2 is 2.03 bits per heavy atom. The van der Waals surface area contributed by atoms with E-state index < -0.39 is 0 Å². The molecule has 2 bridgehead atoms. The van der Waals surface area contributed by atoms with E-state index in [1.807, 2.05) is 12.4 Å². The summed E-state index contributed by atoms with van der Waals surface area (Å²) in [7, 11) is 0. The fraction of sp³-hybridized carbons (Fsp3) is 0.739. The van der Waals surface area contributed by atoms with Crippen LogP contribution in [-0.4, -0.2) is 74.9 Å². The topological polar surface area (TPSA) is 55.5 Å². The summed E-state index contributed by atoms with van der Waals surface area (Å²) in [6, 6.07) is 1.37. The number of fused-ring (bicyclic) bond motifs is 2. The highest BCUT2D eigenvalue weighted by molar-refractivity contribution is 5.85. The van der Waals surface area contributed by atoms with Gasteiger partial charge in [0.05, 0.1) is 12.0 Å². The van der Waals surface area contributed by atoms with Crippen LogP contribution in [0.5, 0.6) is 0 Å². The second-order valence-electron chi connectivity index (χ2n) is 9.72. The zero-order valence-electron chi connectivity index (χ0n) is 18.5. The number of carbonyl (C=O) groups is 1. The summed E-state index contributed by atoms with van der Waals surface area (Å²) in [6.07, 6.45) is 10.2. The summed E-state index contributed by atoms with van der Waals surface area (Å²) in [4.78, 5) is 28.9. The highest BCUT2D eigenvalue weighted by Gasteiger charge is 2.60. The van der Waals surface area contributed by atoms with Crippen molar-refractivity contribution in [1.82, 2.24) is 24.7 Å². The smallest absolute Gasteiger partial charge is 0.230 e. The Balaban J connectivity index is 1.55. The standard InChI is InChI=1S/C23H37N5O/c1-17(2)7-8-23(22(29)27-13-11-26(12-14-27)18(3)4)15-19-5-6-20(23)28(19)16-21-24-9-10-25-21/h7,9-10,18-20H,5-6,8,11-16H2,1-4H3,(H,24,25)/t19-,20+,23+/m0/s1. The lowest BCUT2D eigenvalue weighted by Gasteiger charge is -2.43. The van der Waals surface area contributed by atoms with E-state index in [-0.39, 0.29) is 5.41 Å². The van der Waals surface area contributed by atoms with E-state index in [4.69, 9.17) is 0 Å². The quantitative estimate of drug-likeness (QED) is 0.747. The van der Waals surface area contributed by atoms with E-state index in [2.05, 4.69) is 58.4 Å². The monoisotopic (exact) mass is 399 g/mol. The van der Waals surface area contributed by atoms with Crippen molar-refractivity contribution in [2.45, 2.75) is 78.0 Å². The van der Waals surface area contributed by atoms with Crippen molar-refractivity contribution in [2.24, 2.45) is 5.41 Å². The van der Waals surface area contributed by atoms with E-state index >= 15 is 0 Å². The maximum absolute atomic E-state index is 14.0. The van der Waals surface area contributed by atoms with Gasteiger partial charge in [0.1, 0.15) is 5.82 Å². The van der Waals surface area contributed by atoms with Crippen LogP contribution in [0.2, 0.25) is 0 Å². The van der Waals surface area contributed by atoms with Crippen LogP contribution in [0.15, 0.2) is 24.0 Å². The fourth-order valence-corrected chi connectivity index (χ4v) is 5.78. The number of H-pyrrole nitrogens is 1. The van der Waals surface area contributed by atoms with Crippen LogP contribution >= 0.6 is 0 Å². The summed E-state index contributed by atoms with van der Waals surface area (Å²) >= 11 is 0. The Morgan fingerprint density at radius 3 is 2.66 bits per heavy atom. The van der Waals surface area contributed by atoms with E-state index in [1.54, 1.807) is 0 Å². The molecule has 0 radical (unpaired) electrons. The molecule has 4 rings (SSSR count). The van der Waals surface area contributed by atoms with Crippen molar-refractivity contribution >= 4 is 5.91 Å². The van der Waals surface area contributed by atoms with Gasteiger partial charge in [-0.15, -0.1) is 0 Å². The first kappa shape index (κ1) is 20.6. The lowest BCUT2D eigenvalue weighted by molar-refractivity contribution is -0.146. The molecule has 1 amide bonds. The summed E-state index contributed by atoms with van der Waals surface area (Å²) < 4.78 is 0. The van der Waals surface area contributed by atoms with Gasteiger partial charge in [-0.25, -0.2) is 4.98 Å². The number of hydrogen-bond acceptors (Lipinski definition) is 4. The molecule has 3 aliphatic heterocycles. The van der Waals surface area contributed by atoms with Gasteiger partial charge in [-0.2, -0.15) is 0 Å². The minimum Gasteiger partial charge on any atom is -0.348 e. The van der Waals surface area contributed by atoms with E-state index in [0.717, 1.165) is 57.8 Å². The first-order valence-electron chi connectivity index (χ1n) is 11.3. The molecule has 160 valence electrons. The van der Waals surface area contributed by atoms with Crippen molar-refractivity contribution in [3.05, 3.63) is 29.9 Å². The van der Waals surface area contributed by atoms with Crippen LogP contribution in [0.25, 0.3) is 0 Å². The van der Waals surface area contributed by atoms with Crippen molar-refractivity contribution in [3.63, 3.8) is 0 Å². The van der Waals surface area contributed by atoms with Gasteiger partial charge in [0, 0.05) is 56.7 Å². The molecule has 0 unspecified atom stereocenters. The number of nitrogens with one attached hydrogen (secondary N) is 1. The maximum Gasteiger partial charge on any atom is 0.230 e. The highest BCUT2D eigenvalue weighted by atomic mass is 16.2. The number of aromatic amines is 1. The van der Waals surface area contributed by atoms with Gasteiger partial charge in [0.2, 0.25) is 5.91 Å². The van der Waals surface area contributed by atoms with Crippen molar-refractivity contribution in [2.75, 3.05) is 26.2 Å². The first-order chi connectivity index (χ1) is 13.9. The van der Waals surface area contributed by atoms with E-state index in [0.29, 0.717) is 24.0 Å². The lowest BCUT2D eigenvalue weighted by Crippen LogP contribution is -2.57. The minimum absolute atomic E-state index is 0.271. The molecule has 1 aromatic rings. The van der Waals surface area contributed by atoms with Gasteiger partial charge in [-0.1, -0.05) is 11.6 Å². The predicted octanol–water partition coefficient (Wildman–Crippen LogP) is 3.04. The Morgan fingerprint density at radius 1 is 1.28 bits per heavy atom. The van der Waals surface area contributed by atoms with E-state index in [9.17, 15) is 4.79 Å². The molecular formula is C23H37N5O. The summed E-state index contributed by atoms with van der Waals surface area (Å²) in [6.45, 7) is 13.3. The molecule has 0 aromatic carbocycles. The van der Waals surface area contributed by atoms with Crippen molar-refractivity contribution < 1.29 is 4.79 Å². The number of hydrogen-bond donors (Lipinski definition) is 1. The van der Waals surface area contributed by atoms with Crippen LogP contribution in [0, 0.1) is 5.41 Å². The summed E-state index contributed by atoms with van der Waals surface area (Å²) in [5, 5.41) is 0. The normalized spacial score (nSPS) is 30.3. The third-order valence-corrected chi connectivity index (χ3v) is 7.40. The van der Waals surface area contributed by atoms with Gasteiger partial charge >= 0.3 is 0 Å². The predicted molar refractivity (Wildman–Crippen MR) is 115 cm³/mol. The molecule has 0 spiro atoms. The molecule has 3 fully saturated rings. The SMILES string of the molecule is CC(C)=CC[C@@]1(C(=O)N2CCN(C(C)C)CC2)C[C@@H]2CC[C@H]1N2Cc1ncc[nH]1. The van der Waals surface area contributed by atoms with Crippen LogP contribution in [0.4, 0.5) is 0 Å². The number of carbonyl (C=O) groups excluding carboxylic acids is 1. The second-order valence-corrected chi connectivity index (χ2v) is 9.72. The summed E-state index contributed by atoms with van der Waals surface area (Å²) in [5.41, 5.74) is 1.04. The van der Waals surface area contributed by atoms with Crippen LogP contribution < -0.4 is 0 Å². The molecule has 1 N–H and O–H groups in total. The second kappa shape index (κ2) is 8.23. The molecule has 1 aromatic heterocycles. The Labute approximate surface area is 175 Å². The van der Waals surface area contributed by atoms with Gasteiger partial charge in [-0.05, 0) is 53.4 Å². The molecule has 6 heteroatoms. The Hall–Kier alpha value is -1.66. The number of allylic oxidation sites excluding steroid dienone is 2. The molecule has 3 aliphatic rings. The van der Waals surface area contributed by atoms with Crippen molar-refractivity contribution in [1.29, 1.82) is 0 Å². The molecule has 4 heterocycles. The molecular weight excluding hydrogens is 362 g/mol. The van der Waals surface area contributed by atoms with Gasteiger partial charge < -0.3 is 9.88 Å². The largest absolute Gasteiger partial charge is 0.348 e. The molecule has 3 atom stereocenters. The summed E-state index contributed by atoms with van der Waals surface area (Å²) in [5.74, 6) is 1.41. The Bertz CT molecular complexity index is 730. The number of rotatable bonds is 6. The van der Waals surface area contributed by atoms with Gasteiger partial charge in [0.15, 0.2) is 0 Å². The average molecular weight is 400 g/mol. The number of piperazine rings is 1. The average Bonchev–Trinajstić information content (AvgIpc) is 3.43. The third kappa shape index (κ3) is 3.89. The van der Waals surface area contributed by atoms with Crippen LogP contribution in [0.1, 0.15) is 59.2 Å². The molecule has 6 nitrogen and oxygen atoms in total. The van der Waals surface area contributed by atoms with Crippen molar-refractivity contribution in [3.8, 4) is 0 Å². The highest BCUT2D eigenvalue weighted by Crippen LogP contribution is 2.53. The number of imidazole rings is 1. The molecule has 0 aliphatic carbocycles. The fourth-order valence-electron chi connectivity index (χ4n) is 5.78.